The van der Waals surface area contributed by atoms with Gasteiger partial charge in [-0.3, -0.25) is 4.79 Å². The molecule has 0 radical (unpaired) electrons. The monoisotopic (exact) mass is 294 g/mol. The number of sulfone groups is 1. The second-order valence-corrected chi connectivity index (χ2v) is 7.01. The summed E-state index contributed by atoms with van der Waals surface area (Å²) in [6, 6.07) is -0.328. The molecule has 0 amide bonds. The van der Waals surface area contributed by atoms with E-state index < -0.39 is 9.84 Å². The predicted octanol–water partition coefficient (Wildman–Crippen LogP) is -0.106. The van der Waals surface area contributed by atoms with Gasteiger partial charge in [-0.1, -0.05) is 6.92 Å². The summed E-state index contributed by atoms with van der Waals surface area (Å²) in [5.41, 5.74) is 0. The second kappa shape index (κ2) is 9.28. The zero-order valence-corrected chi connectivity index (χ0v) is 13.1. The van der Waals surface area contributed by atoms with Crippen LogP contribution in [0.25, 0.3) is 0 Å². The third-order valence-electron chi connectivity index (χ3n) is 2.77. The molecule has 0 saturated carbocycles. The minimum atomic E-state index is -2.94. The molecule has 0 aliphatic heterocycles. The smallest absolute Gasteiger partial charge is 0.322 e. The fourth-order valence-electron chi connectivity index (χ4n) is 1.55. The summed E-state index contributed by atoms with van der Waals surface area (Å²) in [6.07, 6.45) is 2.77. The lowest BCUT2D eigenvalue weighted by atomic mass is 10.2. The molecule has 0 bridgehead atoms. The highest BCUT2D eigenvalue weighted by molar-refractivity contribution is 7.90. The van der Waals surface area contributed by atoms with Gasteiger partial charge in [0, 0.05) is 12.8 Å². The second-order valence-electron chi connectivity index (χ2n) is 4.75. The van der Waals surface area contributed by atoms with Gasteiger partial charge in [0.05, 0.1) is 12.9 Å². The third-order valence-corrected chi connectivity index (χ3v) is 3.69. The Morgan fingerprint density at radius 1 is 1.37 bits per heavy atom. The summed E-state index contributed by atoms with van der Waals surface area (Å²) in [6.45, 7) is 3.90. The molecule has 0 saturated heterocycles. The van der Waals surface area contributed by atoms with Crippen LogP contribution in [0.2, 0.25) is 0 Å². The van der Waals surface area contributed by atoms with Gasteiger partial charge in [-0.05, 0) is 33.0 Å². The Labute approximate surface area is 116 Å². The first kappa shape index (κ1) is 18.3. The van der Waals surface area contributed by atoms with E-state index in [4.69, 9.17) is 4.74 Å². The van der Waals surface area contributed by atoms with Crippen molar-refractivity contribution in [3.8, 4) is 0 Å². The van der Waals surface area contributed by atoms with Crippen LogP contribution in [-0.4, -0.2) is 71.1 Å². The zero-order valence-electron chi connectivity index (χ0n) is 12.3. The summed E-state index contributed by atoms with van der Waals surface area (Å²) in [7, 11) is 0.276. The standard InChI is InChI=1S/C12H26N2O4S/c1-5-7-13-11(12(15)18-3)6-8-14(2)9-10-19(4,16)17/h11,13H,5-10H2,1-4H3. The molecule has 0 aromatic rings. The summed E-state index contributed by atoms with van der Waals surface area (Å²) in [4.78, 5) is 13.5. The van der Waals surface area contributed by atoms with Crippen molar-refractivity contribution < 1.29 is 17.9 Å². The highest BCUT2D eigenvalue weighted by atomic mass is 32.2. The van der Waals surface area contributed by atoms with E-state index in [1.165, 1.54) is 13.4 Å². The largest absolute Gasteiger partial charge is 0.468 e. The number of nitrogens with zero attached hydrogens (tertiary/aromatic N) is 1. The van der Waals surface area contributed by atoms with E-state index in [0.717, 1.165) is 13.0 Å². The van der Waals surface area contributed by atoms with E-state index >= 15 is 0 Å². The lowest BCUT2D eigenvalue weighted by molar-refractivity contribution is -0.143. The molecule has 0 heterocycles. The summed E-state index contributed by atoms with van der Waals surface area (Å²) < 4.78 is 26.9. The molecule has 0 fully saturated rings. The molecule has 1 N–H and O–H groups in total. The van der Waals surface area contributed by atoms with Crippen LogP contribution < -0.4 is 5.32 Å². The molecule has 1 unspecified atom stereocenters. The first-order valence-corrected chi connectivity index (χ1v) is 8.53. The minimum absolute atomic E-state index is 0.134. The van der Waals surface area contributed by atoms with Crippen molar-refractivity contribution in [2.45, 2.75) is 25.8 Å². The highest BCUT2D eigenvalue weighted by Crippen LogP contribution is 1.99. The fourth-order valence-corrected chi connectivity index (χ4v) is 2.19. The van der Waals surface area contributed by atoms with Crippen molar-refractivity contribution in [2.24, 2.45) is 0 Å². The van der Waals surface area contributed by atoms with Crippen LogP contribution in [0.3, 0.4) is 0 Å². The van der Waals surface area contributed by atoms with E-state index in [2.05, 4.69) is 5.32 Å². The van der Waals surface area contributed by atoms with Crippen LogP contribution in [0.4, 0.5) is 0 Å². The number of esters is 1. The van der Waals surface area contributed by atoms with Crippen LogP contribution >= 0.6 is 0 Å². The Bertz CT molecular complexity index is 357. The third kappa shape index (κ3) is 9.86. The lowest BCUT2D eigenvalue weighted by Gasteiger charge is -2.20. The molecule has 0 spiro atoms. The topological polar surface area (TPSA) is 75.7 Å². The fraction of sp³-hybridized carbons (Fsp3) is 0.917. The molecule has 7 heteroatoms. The van der Waals surface area contributed by atoms with E-state index in [1.807, 2.05) is 18.9 Å². The SMILES string of the molecule is CCCNC(CCN(C)CCS(C)(=O)=O)C(=O)OC. The normalized spacial score (nSPS) is 13.5. The molecule has 114 valence electrons. The Hall–Kier alpha value is -0.660. The highest BCUT2D eigenvalue weighted by Gasteiger charge is 2.18. The number of methoxy groups -OCH3 is 1. The van der Waals surface area contributed by atoms with Gasteiger partial charge in [-0.2, -0.15) is 0 Å². The Morgan fingerprint density at radius 2 is 2.00 bits per heavy atom. The Kier molecular flexibility index (Phi) is 8.95. The van der Waals surface area contributed by atoms with Crippen molar-refractivity contribution in [3.05, 3.63) is 0 Å². The summed E-state index contributed by atoms with van der Waals surface area (Å²) in [5.74, 6) is -0.139. The number of hydrogen-bond acceptors (Lipinski definition) is 6. The van der Waals surface area contributed by atoms with Crippen LogP contribution in [0.5, 0.6) is 0 Å². The first-order chi connectivity index (χ1) is 8.80. The number of rotatable bonds is 10. The van der Waals surface area contributed by atoms with Gasteiger partial charge in [-0.15, -0.1) is 0 Å². The van der Waals surface area contributed by atoms with Crippen molar-refractivity contribution in [1.82, 2.24) is 10.2 Å². The maximum absolute atomic E-state index is 11.5. The Morgan fingerprint density at radius 3 is 2.47 bits per heavy atom. The zero-order chi connectivity index (χ0) is 14.9. The van der Waals surface area contributed by atoms with Crippen LogP contribution in [0.1, 0.15) is 19.8 Å². The predicted molar refractivity (Wildman–Crippen MR) is 75.9 cm³/mol. The van der Waals surface area contributed by atoms with Crippen molar-refractivity contribution >= 4 is 15.8 Å². The van der Waals surface area contributed by atoms with Crippen LogP contribution in [-0.2, 0) is 19.4 Å². The van der Waals surface area contributed by atoms with E-state index in [-0.39, 0.29) is 17.8 Å². The van der Waals surface area contributed by atoms with Gasteiger partial charge in [0.1, 0.15) is 15.9 Å². The summed E-state index contributed by atoms with van der Waals surface area (Å²) in [5, 5.41) is 3.13. The van der Waals surface area contributed by atoms with Crippen molar-refractivity contribution in [3.63, 3.8) is 0 Å². The van der Waals surface area contributed by atoms with Gasteiger partial charge in [-0.25, -0.2) is 8.42 Å². The van der Waals surface area contributed by atoms with Crippen LogP contribution in [0, 0.1) is 0 Å². The van der Waals surface area contributed by atoms with Crippen LogP contribution in [0.15, 0.2) is 0 Å². The molecule has 0 aromatic carbocycles. The average molecular weight is 294 g/mol. The quantitative estimate of drug-likeness (QED) is 0.567. The number of carbonyl (C=O) groups excluding carboxylic acids is 1. The van der Waals surface area contributed by atoms with Gasteiger partial charge < -0.3 is 15.0 Å². The Balaban J connectivity index is 4.12. The van der Waals surface area contributed by atoms with E-state index in [0.29, 0.717) is 19.5 Å². The molecule has 19 heavy (non-hydrogen) atoms. The molecule has 1 atom stereocenters. The first-order valence-electron chi connectivity index (χ1n) is 6.47. The maximum atomic E-state index is 11.5. The summed E-state index contributed by atoms with van der Waals surface area (Å²) >= 11 is 0. The van der Waals surface area contributed by atoms with Gasteiger partial charge in [0.25, 0.3) is 0 Å². The number of carbonyl (C=O) groups is 1. The molecule has 0 rings (SSSR count). The molecular weight excluding hydrogens is 268 g/mol. The van der Waals surface area contributed by atoms with E-state index in [9.17, 15) is 13.2 Å². The minimum Gasteiger partial charge on any atom is -0.468 e. The van der Waals surface area contributed by atoms with Gasteiger partial charge >= 0.3 is 5.97 Å². The molecule has 0 aromatic heterocycles. The van der Waals surface area contributed by atoms with Crippen molar-refractivity contribution in [2.75, 3.05) is 45.8 Å². The lowest BCUT2D eigenvalue weighted by Crippen LogP contribution is -2.41. The van der Waals surface area contributed by atoms with Gasteiger partial charge in [0.2, 0.25) is 0 Å². The number of nitrogens with one attached hydrogen (secondary N) is 1. The number of ether oxygens (including phenoxy) is 1. The van der Waals surface area contributed by atoms with E-state index in [1.54, 1.807) is 0 Å². The van der Waals surface area contributed by atoms with Crippen molar-refractivity contribution in [1.29, 1.82) is 0 Å². The number of hydrogen-bond donors (Lipinski definition) is 1. The molecule has 0 aliphatic carbocycles. The van der Waals surface area contributed by atoms with Gasteiger partial charge in [0.15, 0.2) is 0 Å². The molecular formula is C12H26N2O4S. The molecule has 6 nitrogen and oxygen atoms in total. The average Bonchev–Trinajstić information content (AvgIpc) is 2.34. The maximum Gasteiger partial charge on any atom is 0.322 e. The molecule has 0 aliphatic rings.